The molecule has 1 aromatic heterocycles. The van der Waals surface area contributed by atoms with Crippen LogP contribution in [0.3, 0.4) is 0 Å². The molecule has 0 aliphatic carbocycles. The van der Waals surface area contributed by atoms with E-state index >= 15 is 0 Å². The van der Waals surface area contributed by atoms with Crippen molar-refractivity contribution in [1.29, 1.82) is 5.26 Å². The van der Waals surface area contributed by atoms with Crippen LogP contribution in [0.1, 0.15) is 18.2 Å². The minimum absolute atomic E-state index is 0.0996. The van der Waals surface area contributed by atoms with Gasteiger partial charge in [0.05, 0.1) is 30.1 Å². The van der Waals surface area contributed by atoms with Crippen LogP contribution >= 0.6 is 0 Å². The number of benzene rings is 1. The van der Waals surface area contributed by atoms with Crippen molar-refractivity contribution < 1.29 is 13.6 Å². The number of hydrazine groups is 2. The average molecular weight is 343 g/mol. The van der Waals surface area contributed by atoms with Crippen LogP contribution in [0.4, 0.5) is 8.87 Å². The van der Waals surface area contributed by atoms with Crippen molar-refractivity contribution in [3.8, 4) is 17.6 Å². The second-order valence-electron chi connectivity index (χ2n) is 5.51. The number of halogens is 2. The topological polar surface area (TPSA) is 64.4 Å². The van der Waals surface area contributed by atoms with E-state index in [2.05, 4.69) is 4.98 Å². The molecule has 2 heterocycles. The molecule has 1 unspecified atom stereocenters. The number of nitrogens with one attached hydrogen (secondary N) is 1. The lowest BCUT2D eigenvalue weighted by molar-refractivity contribution is -0.179. The molecule has 25 heavy (non-hydrogen) atoms. The average Bonchev–Trinajstić information content (AvgIpc) is 2.96. The Morgan fingerprint density at radius 1 is 1.24 bits per heavy atom. The maximum absolute atomic E-state index is 13.4. The molecule has 0 amide bonds. The van der Waals surface area contributed by atoms with Gasteiger partial charge in [-0.05, 0) is 43.3 Å². The van der Waals surface area contributed by atoms with Gasteiger partial charge < -0.3 is 4.74 Å². The van der Waals surface area contributed by atoms with Crippen LogP contribution in [0.15, 0.2) is 54.7 Å². The van der Waals surface area contributed by atoms with Gasteiger partial charge in [-0.2, -0.15) is 9.65 Å². The summed E-state index contributed by atoms with van der Waals surface area (Å²) in [4.78, 5) is 4.28. The first-order valence-corrected chi connectivity index (χ1v) is 7.56. The van der Waals surface area contributed by atoms with Crippen molar-refractivity contribution in [2.24, 2.45) is 0 Å². The summed E-state index contributed by atoms with van der Waals surface area (Å²) in [5, 5.41) is 9.98. The molecule has 1 aliphatic rings. The van der Waals surface area contributed by atoms with Gasteiger partial charge >= 0.3 is 0 Å². The van der Waals surface area contributed by atoms with Crippen LogP contribution in [0.5, 0.6) is 11.5 Å². The summed E-state index contributed by atoms with van der Waals surface area (Å²) in [6, 6.07) is 12.0. The fourth-order valence-electron chi connectivity index (χ4n) is 2.36. The van der Waals surface area contributed by atoms with Crippen molar-refractivity contribution >= 4 is 0 Å². The van der Waals surface area contributed by atoms with E-state index < -0.39 is 5.95 Å². The highest BCUT2D eigenvalue weighted by atomic mass is 19.2. The molecule has 0 saturated heterocycles. The predicted molar refractivity (Wildman–Crippen MR) is 85.7 cm³/mol. The zero-order valence-electron chi connectivity index (χ0n) is 13.4. The van der Waals surface area contributed by atoms with Crippen molar-refractivity contribution in [2.75, 3.05) is 0 Å². The van der Waals surface area contributed by atoms with Crippen molar-refractivity contribution in [3.05, 3.63) is 66.0 Å². The second-order valence-corrected chi connectivity index (χ2v) is 5.51. The van der Waals surface area contributed by atoms with E-state index in [0.717, 1.165) is 11.2 Å². The monoisotopic (exact) mass is 343 g/mol. The van der Waals surface area contributed by atoms with Gasteiger partial charge in [-0.3, -0.25) is 9.99 Å². The Morgan fingerprint density at radius 2 is 1.96 bits per heavy atom. The normalized spacial score (nSPS) is 15.3. The number of hydrogen-bond donors (Lipinski definition) is 1. The number of aromatic nitrogens is 1. The van der Waals surface area contributed by atoms with E-state index in [1.807, 2.05) is 11.5 Å². The fourth-order valence-corrected chi connectivity index (χ4v) is 2.36. The van der Waals surface area contributed by atoms with Crippen LogP contribution in [-0.4, -0.2) is 21.4 Å². The van der Waals surface area contributed by atoms with E-state index in [1.54, 1.807) is 49.5 Å². The lowest BCUT2D eigenvalue weighted by Crippen LogP contribution is -2.41. The molecule has 8 heteroatoms. The van der Waals surface area contributed by atoms with Crippen LogP contribution in [0.25, 0.3) is 0 Å². The molecule has 3 rings (SSSR count). The van der Waals surface area contributed by atoms with Crippen molar-refractivity contribution in [2.45, 2.75) is 19.4 Å². The fraction of sp³-hybridized carbons (Fsp3) is 0.176. The third-order valence-electron chi connectivity index (χ3n) is 3.62. The standard InChI is InChI=1S/C17H15F2N5O/c1-12(23-11-17(18)22-24(23)19)8-14-4-7-16(10-21-14)25-15-5-2-13(9-20)3-6-15/h2-7,10-12,22H,8H2,1H3. The third kappa shape index (κ3) is 4.02. The summed E-state index contributed by atoms with van der Waals surface area (Å²) in [7, 11) is 0. The van der Waals surface area contributed by atoms with Gasteiger partial charge in [-0.1, -0.05) is 4.48 Å². The molecular formula is C17H15F2N5O. The number of hydrogen-bond acceptors (Lipinski definition) is 6. The summed E-state index contributed by atoms with van der Waals surface area (Å²) >= 11 is 0. The minimum atomic E-state index is -0.756. The first-order valence-electron chi connectivity index (χ1n) is 7.56. The highest BCUT2D eigenvalue weighted by molar-refractivity contribution is 5.36. The van der Waals surface area contributed by atoms with Crippen LogP contribution in [0, 0.1) is 11.3 Å². The summed E-state index contributed by atoms with van der Waals surface area (Å²) in [6.07, 6.45) is 3.03. The molecule has 1 N–H and O–H groups in total. The first kappa shape index (κ1) is 16.7. The number of nitrogens with zero attached hydrogens (tertiary/aromatic N) is 4. The quantitative estimate of drug-likeness (QED) is 0.663. The van der Waals surface area contributed by atoms with Gasteiger partial charge in [0.1, 0.15) is 11.5 Å². The van der Waals surface area contributed by atoms with E-state index in [0.29, 0.717) is 29.2 Å². The van der Waals surface area contributed by atoms with Gasteiger partial charge in [0.25, 0.3) is 0 Å². The summed E-state index contributed by atoms with van der Waals surface area (Å²) in [5.41, 5.74) is 3.18. The molecule has 1 aliphatic heterocycles. The van der Waals surface area contributed by atoms with Gasteiger partial charge in [0, 0.05) is 17.5 Å². The molecule has 2 aromatic rings. The molecule has 128 valence electrons. The number of nitriles is 1. The van der Waals surface area contributed by atoms with E-state index in [4.69, 9.17) is 10.00 Å². The second kappa shape index (κ2) is 7.15. The Hall–Kier alpha value is -3.18. The molecule has 0 bridgehead atoms. The van der Waals surface area contributed by atoms with Crippen LogP contribution < -0.4 is 10.2 Å². The van der Waals surface area contributed by atoms with Crippen LogP contribution in [-0.2, 0) is 6.42 Å². The maximum Gasteiger partial charge on any atom is 0.222 e. The van der Waals surface area contributed by atoms with Gasteiger partial charge in [0.2, 0.25) is 5.95 Å². The Kier molecular flexibility index (Phi) is 4.77. The molecule has 0 fully saturated rings. The molecular weight excluding hydrogens is 328 g/mol. The molecule has 1 aromatic carbocycles. The predicted octanol–water partition coefficient (Wildman–Crippen LogP) is 3.37. The van der Waals surface area contributed by atoms with Gasteiger partial charge in [0.15, 0.2) is 0 Å². The van der Waals surface area contributed by atoms with E-state index in [1.165, 1.54) is 0 Å². The molecule has 0 spiro atoms. The lowest BCUT2D eigenvalue weighted by atomic mass is 10.1. The highest BCUT2D eigenvalue weighted by Crippen LogP contribution is 2.22. The van der Waals surface area contributed by atoms with E-state index in [9.17, 15) is 8.87 Å². The summed E-state index contributed by atoms with van der Waals surface area (Å²) in [6.45, 7) is 1.76. The van der Waals surface area contributed by atoms with Gasteiger partial charge in [-0.25, -0.2) is 5.43 Å². The Labute approximate surface area is 143 Å². The number of pyridine rings is 1. The minimum Gasteiger partial charge on any atom is -0.456 e. The molecule has 0 saturated carbocycles. The zero-order valence-corrected chi connectivity index (χ0v) is 13.4. The number of ether oxygens (including phenoxy) is 1. The maximum atomic E-state index is 13.4. The molecule has 0 radical (unpaired) electrons. The number of rotatable bonds is 5. The van der Waals surface area contributed by atoms with Crippen molar-refractivity contribution in [1.82, 2.24) is 20.8 Å². The molecule has 1 atom stereocenters. The Bertz CT molecular complexity index is 801. The zero-order chi connectivity index (χ0) is 17.8. The highest BCUT2D eigenvalue weighted by Gasteiger charge is 2.26. The van der Waals surface area contributed by atoms with E-state index in [-0.39, 0.29) is 11.4 Å². The summed E-state index contributed by atoms with van der Waals surface area (Å²) in [5.74, 6) is 0.384. The van der Waals surface area contributed by atoms with Crippen molar-refractivity contribution in [3.63, 3.8) is 0 Å². The van der Waals surface area contributed by atoms with Crippen LogP contribution in [0.2, 0.25) is 0 Å². The first-order chi connectivity index (χ1) is 12.0. The molecule has 6 nitrogen and oxygen atoms in total. The Balaban J connectivity index is 1.61. The largest absolute Gasteiger partial charge is 0.456 e. The lowest BCUT2D eigenvalue weighted by Gasteiger charge is -2.25. The smallest absolute Gasteiger partial charge is 0.222 e. The summed E-state index contributed by atoms with van der Waals surface area (Å²) < 4.78 is 32.1. The Morgan fingerprint density at radius 3 is 2.52 bits per heavy atom. The SMILES string of the molecule is CC(Cc1ccc(Oc2ccc(C#N)cc2)cn1)N1C=C(F)NN1F. The third-order valence-corrected chi connectivity index (χ3v) is 3.62. The van der Waals surface area contributed by atoms with Gasteiger partial charge in [-0.15, -0.1) is 0 Å².